The van der Waals surface area contributed by atoms with E-state index in [9.17, 15) is 0 Å². The highest BCUT2D eigenvalue weighted by Crippen LogP contribution is 2.28. The number of rotatable bonds is 0. The molecule has 0 radical (unpaired) electrons. The summed E-state index contributed by atoms with van der Waals surface area (Å²) in [6.07, 6.45) is 2.08. The van der Waals surface area contributed by atoms with E-state index in [1.54, 1.807) is 0 Å². The maximum atomic E-state index is 4.40. The third-order valence-corrected chi connectivity index (χ3v) is 2.22. The van der Waals surface area contributed by atoms with Crippen LogP contribution in [0, 0.1) is 0 Å². The SMILES string of the molecule is Cn1cc2c(n1)C(C)(C)NC2. The van der Waals surface area contributed by atoms with Gasteiger partial charge in [-0.15, -0.1) is 0 Å². The van der Waals surface area contributed by atoms with Gasteiger partial charge in [-0.1, -0.05) is 0 Å². The minimum absolute atomic E-state index is 0.0661. The molecular weight excluding hydrogens is 138 g/mol. The van der Waals surface area contributed by atoms with E-state index < -0.39 is 0 Å². The Bertz CT molecular complexity index is 286. The number of hydrogen-bond donors (Lipinski definition) is 1. The van der Waals surface area contributed by atoms with Crippen molar-refractivity contribution < 1.29 is 0 Å². The number of fused-ring (bicyclic) bond motifs is 1. The summed E-state index contributed by atoms with van der Waals surface area (Å²) in [7, 11) is 1.97. The smallest absolute Gasteiger partial charge is 0.0864 e. The number of nitrogens with one attached hydrogen (secondary N) is 1. The first-order valence-electron chi connectivity index (χ1n) is 3.87. The lowest BCUT2D eigenvalue weighted by atomic mass is 10.0. The van der Waals surface area contributed by atoms with Crippen LogP contribution in [0.4, 0.5) is 0 Å². The Labute approximate surface area is 66.4 Å². The van der Waals surface area contributed by atoms with Crippen LogP contribution in [0.15, 0.2) is 6.20 Å². The lowest BCUT2D eigenvalue weighted by Gasteiger charge is -2.16. The van der Waals surface area contributed by atoms with Crippen LogP contribution in [0.1, 0.15) is 25.1 Å². The zero-order valence-corrected chi connectivity index (χ0v) is 7.18. The highest BCUT2D eigenvalue weighted by molar-refractivity contribution is 5.28. The van der Waals surface area contributed by atoms with E-state index in [-0.39, 0.29) is 5.54 Å². The van der Waals surface area contributed by atoms with Crippen LogP contribution in [0.5, 0.6) is 0 Å². The molecule has 1 aliphatic rings. The fourth-order valence-corrected chi connectivity index (χ4v) is 1.59. The quantitative estimate of drug-likeness (QED) is 0.593. The second kappa shape index (κ2) is 1.85. The van der Waals surface area contributed by atoms with Gasteiger partial charge in [-0.2, -0.15) is 5.10 Å². The van der Waals surface area contributed by atoms with Crippen LogP contribution >= 0.6 is 0 Å². The fraction of sp³-hybridized carbons (Fsp3) is 0.625. The molecule has 0 amide bonds. The van der Waals surface area contributed by atoms with Gasteiger partial charge in [0.15, 0.2) is 0 Å². The van der Waals surface area contributed by atoms with Crippen molar-refractivity contribution >= 4 is 0 Å². The van der Waals surface area contributed by atoms with Gasteiger partial charge in [0.25, 0.3) is 0 Å². The Morgan fingerprint density at radius 3 is 3.00 bits per heavy atom. The Morgan fingerprint density at radius 2 is 2.36 bits per heavy atom. The van der Waals surface area contributed by atoms with E-state index in [1.165, 1.54) is 11.3 Å². The highest BCUT2D eigenvalue weighted by atomic mass is 15.3. The molecule has 3 heteroatoms. The molecule has 0 spiro atoms. The second-order valence-electron chi connectivity index (χ2n) is 3.66. The first-order chi connectivity index (χ1) is 5.09. The fourth-order valence-electron chi connectivity index (χ4n) is 1.59. The van der Waals surface area contributed by atoms with Gasteiger partial charge in [0, 0.05) is 25.4 Å². The molecule has 0 bridgehead atoms. The normalized spacial score (nSPS) is 20.3. The van der Waals surface area contributed by atoms with Crippen LogP contribution in [-0.4, -0.2) is 9.78 Å². The van der Waals surface area contributed by atoms with Crippen molar-refractivity contribution in [1.29, 1.82) is 0 Å². The van der Waals surface area contributed by atoms with Crippen molar-refractivity contribution in [1.82, 2.24) is 15.1 Å². The zero-order valence-electron chi connectivity index (χ0n) is 7.18. The standard InChI is InChI=1S/C8H13N3/c1-8(2)7-6(4-9-8)5-11(3)10-7/h5,9H,4H2,1-3H3. The molecule has 0 saturated heterocycles. The van der Waals surface area contributed by atoms with Gasteiger partial charge >= 0.3 is 0 Å². The summed E-state index contributed by atoms with van der Waals surface area (Å²) in [4.78, 5) is 0. The summed E-state index contributed by atoms with van der Waals surface area (Å²) >= 11 is 0. The largest absolute Gasteiger partial charge is 0.302 e. The van der Waals surface area contributed by atoms with E-state index >= 15 is 0 Å². The molecule has 3 nitrogen and oxygen atoms in total. The van der Waals surface area contributed by atoms with Gasteiger partial charge in [0.1, 0.15) is 0 Å². The summed E-state index contributed by atoms with van der Waals surface area (Å²) in [5.41, 5.74) is 2.59. The Hall–Kier alpha value is -0.830. The van der Waals surface area contributed by atoms with Gasteiger partial charge in [-0.3, -0.25) is 4.68 Å². The number of hydrogen-bond acceptors (Lipinski definition) is 2. The van der Waals surface area contributed by atoms with Gasteiger partial charge in [0.2, 0.25) is 0 Å². The van der Waals surface area contributed by atoms with Crippen molar-refractivity contribution in [3.63, 3.8) is 0 Å². The van der Waals surface area contributed by atoms with Gasteiger partial charge in [0.05, 0.1) is 11.2 Å². The summed E-state index contributed by atoms with van der Waals surface area (Å²) in [5, 5.41) is 7.79. The molecule has 0 aliphatic carbocycles. The molecule has 60 valence electrons. The topological polar surface area (TPSA) is 29.9 Å². The van der Waals surface area contributed by atoms with Crippen LogP contribution < -0.4 is 5.32 Å². The average molecular weight is 151 g/mol. The predicted molar refractivity (Wildman–Crippen MR) is 43.1 cm³/mol. The molecule has 0 aromatic carbocycles. The Morgan fingerprint density at radius 1 is 1.64 bits per heavy atom. The van der Waals surface area contributed by atoms with E-state index in [2.05, 4.69) is 30.5 Å². The first kappa shape index (κ1) is 6.85. The molecule has 0 saturated carbocycles. The maximum absolute atomic E-state index is 4.40. The Balaban J connectivity index is 2.54. The third-order valence-electron chi connectivity index (χ3n) is 2.22. The molecule has 1 N–H and O–H groups in total. The maximum Gasteiger partial charge on any atom is 0.0864 e. The highest BCUT2D eigenvalue weighted by Gasteiger charge is 2.31. The average Bonchev–Trinajstić information content (AvgIpc) is 2.35. The lowest BCUT2D eigenvalue weighted by molar-refractivity contribution is 0.423. The minimum Gasteiger partial charge on any atom is -0.302 e. The molecule has 1 aromatic heterocycles. The molecular formula is C8H13N3. The molecule has 0 fully saturated rings. The number of nitrogens with zero attached hydrogens (tertiary/aromatic N) is 2. The summed E-state index contributed by atoms with van der Waals surface area (Å²) in [5.74, 6) is 0. The van der Waals surface area contributed by atoms with Crippen molar-refractivity contribution in [3.8, 4) is 0 Å². The van der Waals surface area contributed by atoms with E-state index in [1.807, 2.05) is 11.7 Å². The molecule has 0 unspecified atom stereocenters. The number of aromatic nitrogens is 2. The molecule has 11 heavy (non-hydrogen) atoms. The zero-order chi connectivity index (χ0) is 8.06. The monoisotopic (exact) mass is 151 g/mol. The third kappa shape index (κ3) is 0.878. The van der Waals surface area contributed by atoms with Crippen LogP contribution in [0.25, 0.3) is 0 Å². The molecule has 2 heterocycles. The second-order valence-corrected chi connectivity index (χ2v) is 3.66. The number of aryl methyl sites for hydroxylation is 1. The van der Waals surface area contributed by atoms with Crippen LogP contribution in [-0.2, 0) is 19.1 Å². The van der Waals surface area contributed by atoms with Gasteiger partial charge < -0.3 is 5.32 Å². The molecule has 0 atom stereocenters. The summed E-state index contributed by atoms with van der Waals surface area (Å²) in [6.45, 7) is 5.27. The minimum atomic E-state index is 0.0661. The lowest BCUT2D eigenvalue weighted by Crippen LogP contribution is -2.30. The molecule has 1 aliphatic heterocycles. The molecule has 1 aromatic rings. The van der Waals surface area contributed by atoms with Crippen LogP contribution in [0.2, 0.25) is 0 Å². The van der Waals surface area contributed by atoms with Crippen molar-refractivity contribution in [2.75, 3.05) is 0 Å². The molecule has 2 rings (SSSR count). The summed E-state index contributed by atoms with van der Waals surface area (Å²) in [6, 6.07) is 0. The van der Waals surface area contributed by atoms with Crippen molar-refractivity contribution in [2.45, 2.75) is 25.9 Å². The van der Waals surface area contributed by atoms with Gasteiger partial charge in [-0.25, -0.2) is 0 Å². The van der Waals surface area contributed by atoms with E-state index in [4.69, 9.17) is 0 Å². The Kier molecular flexibility index (Phi) is 1.16. The van der Waals surface area contributed by atoms with Gasteiger partial charge in [-0.05, 0) is 13.8 Å². The van der Waals surface area contributed by atoms with E-state index in [0.29, 0.717) is 0 Å². The summed E-state index contributed by atoms with van der Waals surface area (Å²) < 4.78 is 1.88. The first-order valence-corrected chi connectivity index (χ1v) is 3.87. The van der Waals surface area contributed by atoms with Crippen LogP contribution in [0.3, 0.4) is 0 Å². The predicted octanol–water partition coefficient (Wildman–Crippen LogP) is 0.758. The van der Waals surface area contributed by atoms with E-state index in [0.717, 1.165) is 6.54 Å². The van der Waals surface area contributed by atoms with Crippen molar-refractivity contribution in [3.05, 3.63) is 17.5 Å². The van der Waals surface area contributed by atoms with Crippen molar-refractivity contribution in [2.24, 2.45) is 7.05 Å².